The van der Waals surface area contributed by atoms with Crippen molar-refractivity contribution in [3.8, 4) is 17.2 Å². The Morgan fingerprint density at radius 1 is 1.13 bits per heavy atom. The molecule has 0 radical (unpaired) electrons. The molecule has 0 aromatic heterocycles. The van der Waals surface area contributed by atoms with E-state index >= 15 is 0 Å². The molecule has 0 aliphatic heterocycles. The minimum atomic E-state index is -1.00. The van der Waals surface area contributed by atoms with Gasteiger partial charge in [0.25, 0.3) is 0 Å². The van der Waals surface area contributed by atoms with Gasteiger partial charge in [0.2, 0.25) is 0 Å². The zero-order valence-electron chi connectivity index (χ0n) is 17.0. The largest absolute Gasteiger partial charge is 0.508 e. The van der Waals surface area contributed by atoms with Crippen LogP contribution in [0.4, 0.5) is 5.69 Å². The second-order valence-electron chi connectivity index (χ2n) is 7.20. The van der Waals surface area contributed by atoms with Crippen molar-refractivity contribution < 1.29 is 24.2 Å². The second kappa shape index (κ2) is 10.7. The van der Waals surface area contributed by atoms with Crippen molar-refractivity contribution in [3.63, 3.8) is 0 Å². The molecule has 2 aromatic carbocycles. The van der Waals surface area contributed by atoms with Crippen molar-refractivity contribution in [2.75, 3.05) is 11.9 Å². The Kier molecular flexibility index (Phi) is 8.01. The van der Waals surface area contributed by atoms with Crippen molar-refractivity contribution >= 4 is 40.8 Å². The average Bonchev–Trinajstić information content (AvgIpc) is 3.24. The summed E-state index contributed by atoms with van der Waals surface area (Å²) in [5.41, 5.74) is 0.933. The van der Waals surface area contributed by atoms with E-state index in [9.17, 15) is 14.7 Å². The number of nitrogens with one attached hydrogen (secondary N) is 2. The van der Waals surface area contributed by atoms with Gasteiger partial charge in [0.15, 0.2) is 5.75 Å². The van der Waals surface area contributed by atoms with Gasteiger partial charge >= 0.3 is 11.9 Å². The van der Waals surface area contributed by atoms with E-state index in [0.29, 0.717) is 23.9 Å². The molecule has 2 aromatic rings. The zero-order valence-corrected chi connectivity index (χ0v) is 18.6. The molecule has 1 aliphatic rings. The van der Waals surface area contributed by atoms with Crippen molar-refractivity contribution in [1.29, 1.82) is 0 Å². The maximum Gasteiger partial charge on any atom is 0.397 e. The van der Waals surface area contributed by atoms with Crippen molar-refractivity contribution in [2.24, 2.45) is 0 Å². The zero-order chi connectivity index (χ0) is 22.4. The van der Waals surface area contributed by atoms with Gasteiger partial charge in [0.1, 0.15) is 11.5 Å². The van der Waals surface area contributed by atoms with Crippen molar-refractivity contribution in [2.45, 2.75) is 45.2 Å². The molecule has 0 unspecified atom stereocenters. The van der Waals surface area contributed by atoms with E-state index in [1.165, 1.54) is 25.0 Å². The van der Waals surface area contributed by atoms with Crippen LogP contribution in [0.25, 0.3) is 0 Å². The Morgan fingerprint density at radius 3 is 2.45 bits per heavy atom. The van der Waals surface area contributed by atoms with E-state index in [0.717, 1.165) is 12.8 Å². The number of benzene rings is 2. The first-order valence-corrected chi connectivity index (χ1v) is 10.8. The van der Waals surface area contributed by atoms with Gasteiger partial charge in [-0.05, 0) is 50.1 Å². The molecule has 3 rings (SSSR count). The lowest BCUT2D eigenvalue weighted by molar-refractivity contribution is -0.152. The molecule has 0 bridgehead atoms. The number of ether oxygens (including phenoxy) is 2. The van der Waals surface area contributed by atoms with Gasteiger partial charge in [-0.3, -0.25) is 4.79 Å². The SMILES string of the molecule is CCOC(=O)C(=O)Nc1cc(Cl)c(Oc2ccc(O)c(CNC3CCCC3)c2)c(Cl)c1. The van der Waals surface area contributed by atoms with Crippen LogP contribution in [0.15, 0.2) is 30.3 Å². The van der Waals surface area contributed by atoms with Crippen LogP contribution in [0.3, 0.4) is 0 Å². The minimum absolute atomic E-state index is 0.0886. The molecule has 1 saturated carbocycles. The fourth-order valence-electron chi connectivity index (χ4n) is 3.38. The first-order valence-electron chi connectivity index (χ1n) is 10.1. The summed E-state index contributed by atoms with van der Waals surface area (Å²) in [6.07, 6.45) is 4.72. The molecule has 9 heteroatoms. The number of phenolic OH excluding ortho intramolecular Hbond substituents is 1. The number of aromatic hydroxyl groups is 1. The van der Waals surface area contributed by atoms with Crippen molar-refractivity contribution in [1.82, 2.24) is 5.32 Å². The van der Waals surface area contributed by atoms with Crippen LogP contribution in [0.1, 0.15) is 38.2 Å². The lowest BCUT2D eigenvalue weighted by atomic mass is 10.1. The number of carbonyl (C=O) groups is 2. The molecule has 7 nitrogen and oxygen atoms in total. The molecule has 3 N–H and O–H groups in total. The highest BCUT2D eigenvalue weighted by atomic mass is 35.5. The molecule has 1 fully saturated rings. The molecule has 0 saturated heterocycles. The predicted molar refractivity (Wildman–Crippen MR) is 119 cm³/mol. The lowest BCUT2D eigenvalue weighted by Gasteiger charge is -2.15. The van der Waals surface area contributed by atoms with Crippen LogP contribution in [-0.4, -0.2) is 29.6 Å². The third kappa shape index (κ3) is 6.26. The molecule has 166 valence electrons. The summed E-state index contributed by atoms with van der Waals surface area (Å²) in [6.45, 7) is 2.21. The molecule has 31 heavy (non-hydrogen) atoms. The van der Waals surface area contributed by atoms with Crippen LogP contribution in [0, 0.1) is 0 Å². The van der Waals surface area contributed by atoms with Gasteiger partial charge < -0.3 is 25.2 Å². The third-order valence-electron chi connectivity index (χ3n) is 4.92. The summed E-state index contributed by atoms with van der Waals surface area (Å²) < 4.78 is 10.5. The number of anilines is 1. The number of phenols is 1. The van der Waals surface area contributed by atoms with E-state index in [1.54, 1.807) is 25.1 Å². The lowest BCUT2D eigenvalue weighted by Crippen LogP contribution is -2.25. The molecule has 1 aliphatic carbocycles. The Hall–Kier alpha value is -2.48. The van der Waals surface area contributed by atoms with E-state index in [-0.39, 0.29) is 33.8 Å². The Bertz CT molecular complexity index is 938. The molecule has 1 amide bonds. The van der Waals surface area contributed by atoms with Gasteiger partial charge in [-0.15, -0.1) is 0 Å². The summed E-state index contributed by atoms with van der Waals surface area (Å²) in [5, 5.41) is 16.3. The van der Waals surface area contributed by atoms with Gasteiger partial charge in [-0.25, -0.2) is 4.79 Å². The molecule has 0 atom stereocenters. The Labute approximate surface area is 190 Å². The molecule has 0 spiro atoms. The number of hydrogen-bond acceptors (Lipinski definition) is 6. The maximum absolute atomic E-state index is 11.8. The smallest absolute Gasteiger partial charge is 0.397 e. The van der Waals surface area contributed by atoms with Gasteiger partial charge in [0.05, 0.1) is 16.7 Å². The second-order valence-corrected chi connectivity index (χ2v) is 8.01. The molecular formula is C22H24Cl2N2O5. The van der Waals surface area contributed by atoms with Crippen molar-refractivity contribution in [3.05, 3.63) is 45.9 Å². The fraction of sp³-hybridized carbons (Fsp3) is 0.364. The number of esters is 1. The minimum Gasteiger partial charge on any atom is -0.508 e. The number of carbonyl (C=O) groups excluding carboxylic acids is 2. The summed E-state index contributed by atoms with van der Waals surface area (Å²) in [4.78, 5) is 23.3. The van der Waals surface area contributed by atoms with Crippen LogP contribution in [0.2, 0.25) is 10.0 Å². The highest BCUT2D eigenvalue weighted by molar-refractivity contribution is 6.39. The summed E-state index contributed by atoms with van der Waals surface area (Å²) in [5.74, 6) is -1.11. The van der Waals surface area contributed by atoms with Crippen LogP contribution >= 0.6 is 23.2 Å². The van der Waals surface area contributed by atoms with E-state index in [1.807, 2.05) is 0 Å². The van der Waals surface area contributed by atoms with Crippen LogP contribution in [0.5, 0.6) is 17.2 Å². The monoisotopic (exact) mass is 466 g/mol. The van der Waals surface area contributed by atoms with Crippen LogP contribution in [-0.2, 0) is 20.9 Å². The topological polar surface area (TPSA) is 96.9 Å². The number of amides is 1. The van der Waals surface area contributed by atoms with E-state index in [2.05, 4.69) is 15.4 Å². The van der Waals surface area contributed by atoms with Crippen LogP contribution < -0.4 is 15.4 Å². The molecule has 0 heterocycles. The summed E-state index contributed by atoms with van der Waals surface area (Å²) in [6, 6.07) is 8.19. The number of rotatable bonds is 7. The molecular weight excluding hydrogens is 443 g/mol. The summed E-state index contributed by atoms with van der Waals surface area (Å²) >= 11 is 12.6. The normalized spacial score (nSPS) is 13.8. The first-order chi connectivity index (χ1) is 14.9. The van der Waals surface area contributed by atoms with E-state index in [4.69, 9.17) is 27.9 Å². The van der Waals surface area contributed by atoms with Gasteiger partial charge in [-0.2, -0.15) is 0 Å². The van der Waals surface area contributed by atoms with E-state index < -0.39 is 11.9 Å². The van der Waals surface area contributed by atoms with Gasteiger partial charge in [-0.1, -0.05) is 36.0 Å². The third-order valence-corrected chi connectivity index (χ3v) is 5.49. The Morgan fingerprint density at radius 2 is 1.81 bits per heavy atom. The summed E-state index contributed by atoms with van der Waals surface area (Å²) in [7, 11) is 0. The fourth-order valence-corrected chi connectivity index (χ4v) is 3.94. The quantitative estimate of drug-likeness (QED) is 0.391. The highest BCUT2D eigenvalue weighted by Gasteiger charge is 2.18. The maximum atomic E-state index is 11.8. The number of halogens is 2. The van der Waals surface area contributed by atoms with Gasteiger partial charge in [0, 0.05) is 23.8 Å². The average molecular weight is 467 g/mol. The highest BCUT2D eigenvalue weighted by Crippen LogP contribution is 2.39. The Balaban J connectivity index is 1.71. The number of hydrogen-bond donors (Lipinski definition) is 3. The standard InChI is InChI=1S/C22H24Cl2N2O5/c1-2-30-22(29)21(28)26-15-10-17(23)20(18(24)11-15)31-16-7-8-19(27)13(9-16)12-25-14-5-3-4-6-14/h7-11,14,25,27H,2-6,12H2,1H3,(H,26,28). The first kappa shape index (κ1) is 23.2. The predicted octanol–water partition coefficient (Wildman–Crippen LogP) is 5.03.